The predicted octanol–water partition coefficient (Wildman–Crippen LogP) is 3.35. The van der Waals surface area contributed by atoms with Gasteiger partial charge in [0.05, 0.1) is 5.69 Å². The third-order valence-corrected chi connectivity index (χ3v) is 3.45. The normalized spacial score (nSPS) is 11.6. The number of benzene rings is 2. The van der Waals surface area contributed by atoms with Crippen LogP contribution in [0.2, 0.25) is 0 Å². The summed E-state index contributed by atoms with van der Waals surface area (Å²) >= 11 is 3.28. The lowest BCUT2D eigenvalue weighted by Gasteiger charge is -2.14. The summed E-state index contributed by atoms with van der Waals surface area (Å²) in [5.74, 6) is -1.40. The molecule has 2 rings (SSSR count). The first-order chi connectivity index (χ1) is 10.5. The fraction of sp³-hybridized carbons (Fsp3) is 0.125. The van der Waals surface area contributed by atoms with E-state index in [2.05, 4.69) is 26.6 Å². The van der Waals surface area contributed by atoms with E-state index in [-0.39, 0.29) is 11.6 Å². The topological polar surface area (TPSA) is 58.2 Å². The Morgan fingerprint density at radius 2 is 1.86 bits per heavy atom. The standard InChI is InChI=1S/C16H14BrFN2O2/c1-10(15(21)20-14-8-3-2-7-13(14)18)19-16(22)11-5-4-6-12(17)9-11/h2-10H,1H3,(H,19,22)(H,20,21). The van der Waals surface area contributed by atoms with E-state index in [0.29, 0.717) is 5.56 Å². The largest absolute Gasteiger partial charge is 0.341 e. The molecular weight excluding hydrogens is 351 g/mol. The highest BCUT2D eigenvalue weighted by atomic mass is 79.9. The number of carbonyl (C=O) groups is 2. The van der Waals surface area contributed by atoms with Crippen molar-refractivity contribution < 1.29 is 14.0 Å². The molecule has 0 aliphatic rings. The van der Waals surface area contributed by atoms with Gasteiger partial charge in [-0.15, -0.1) is 0 Å². The molecule has 0 aromatic heterocycles. The van der Waals surface area contributed by atoms with E-state index in [9.17, 15) is 14.0 Å². The summed E-state index contributed by atoms with van der Waals surface area (Å²) in [6, 6.07) is 11.9. The van der Waals surface area contributed by atoms with E-state index in [1.54, 1.807) is 30.3 Å². The van der Waals surface area contributed by atoms with Crippen molar-refractivity contribution in [3.05, 3.63) is 64.4 Å². The van der Waals surface area contributed by atoms with Gasteiger partial charge in [-0.1, -0.05) is 34.1 Å². The van der Waals surface area contributed by atoms with Gasteiger partial charge in [0.1, 0.15) is 11.9 Å². The van der Waals surface area contributed by atoms with Gasteiger partial charge in [0, 0.05) is 10.0 Å². The number of carbonyl (C=O) groups excluding carboxylic acids is 2. The van der Waals surface area contributed by atoms with Crippen molar-refractivity contribution >= 4 is 33.4 Å². The lowest BCUT2D eigenvalue weighted by molar-refractivity contribution is -0.117. The van der Waals surface area contributed by atoms with Crippen molar-refractivity contribution in [2.24, 2.45) is 0 Å². The zero-order valence-corrected chi connectivity index (χ0v) is 13.4. The number of anilines is 1. The number of amides is 2. The van der Waals surface area contributed by atoms with Gasteiger partial charge in [-0.25, -0.2) is 4.39 Å². The van der Waals surface area contributed by atoms with Crippen molar-refractivity contribution in [2.75, 3.05) is 5.32 Å². The maximum absolute atomic E-state index is 13.5. The minimum atomic E-state index is -0.800. The Labute approximate surface area is 135 Å². The lowest BCUT2D eigenvalue weighted by atomic mass is 10.2. The predicted molar refractivity (Wildman–Crippen MR) is 86.1 cm³/mol. The fourth-order valence-corrected chi connectivity index (χ4v) is 2.18. The van der Waals surface area contributed by atoms with Gasteiger partial charge in [0.15, 0.2) is 0 Å². The molecule has 114 valence electrons. The highest BCUT2D eigenvalue weighted by Gasteiger charge is 2.17. The highest BCUT2D eigenvalue weighted by molar-refractivity contribution is 9.10. The molecular formula is C16H14BrFN2O2. The number of hydrogen-bond acceptors (Lipinski definition) is 2. The Morgan fingerprint density at radius 3 is 2.55 bits per heavy atom. The van der Waals surface area contributed by atoms with Crippen LogP contribution < -0.4 is 10.6 Å². The molecule has 0 aliphatic carbocycles. The molecule has 0 spiro atoms. The fourth-order valence-electron chi connectivity index (χ4n) is 1.78. The van der Waals surface area contributed by atoms with Crippen LogP contribution in [0.5, 0.6) is 0 Å². The molecule has 0 radical (unpaired) electrons. The molecule has 1 atom stereocenters. The third kappa shape index (κ3) is 4.14. The molecule has 0 fully saturated rings. The van der Waals surface area contributed by atoms with Crippen LogP contribution in [0, 0.1) is 5.82 Å². The zero-order chi connectivity index (χ0) is 16.1. The van der Waals surface area contributed by atoms with Crippen molar-refractivity contribution in [1.82, 2.24) is 5.32 Å². The molecule has 6 heteroatoms. The van der Waals surface area contributed by atoms with Gasteiger partial charge in [-0.05, 0) is 37.3 Å². The van der Waals surface area contributed by atoms with Crippen molar-refractivity contribution in [3.8, 4) is 0 Å². The number of nitrogens with one attached hydrogen (secondary N) is 2. The Balaban J connectivity index is 1.99. The number of halogens is 2. The molecule has 22 heavy (non-hydrogen) atoms. The molecule has 0 saturated carbocycles. The minimum absolute atomic E-state index is 0.0797. The van der Waals surface area contributed by atoms with Gasteiger partial charge in [0.2, 0.25) is 5.91 Å². The smallest absolute Gasteiger partial charge is 0.251 e. The van der Waals surface area contributed by atoms with E-state index in [0.717, 1.165) is 4.47 Å². The van der Waals surface area contributed by atoms with Gasteiger partial charge in [-0.3, -0.25) is 9.59 Å². The molecule has 0 heterocycles. The quantitative estimate of drug-likeness (QED) is 0.873. The summed E-state index contributed by atoms with van der Waals surface area (Å²) in [5, 5.41) is 5.01. The first-order valence-electron chi connectivity index (χ1n) is 6.59. The highest BCUT2D eigenvalue weighted by Crippen LogP contribution is 2.13. The zero-order valence-electron chi connectivity index (χ0n) is 11.8. The van der Waals surface area contributed by atoms with E-state index >= 15 is 0 Å². The molecule has 2 aromatic carbocycles. The number of para-hydroxylation sites is 1. The van der Waals surface area contributed by atoms with E-state index in [1.807, 2.05) is 0 Å². The summed E-state index contributed by atoms with van der Waals surface area (Å²) in [7, 11) is 0. The Morgan fingerprint density at radius 1 is 1.14 bits per heavy atom. The van der Waals surface area contributed by atoms with Crippen LogP contribution in [0.25, 0.3) is 0 Å². The SMILES string of the molecule is CC(NC(=O)c1cccc(Br)c1)C(=O)Nc1ccccc1F. The average Bonchev–Trinajstić information content (AvgIpc) is 2.49. The lowest BCUT2D eigenvalue weighted by Crippen LogP contribution is -2.41. The Kier molecular flexibility index (Phi) is 5.27. The second-order valence-electron chi connectivity index (χ2n) is 4.67. The second kappa shape index (κ2) is 7.17. The first kappa shape index (κ1) is 16.2. The molecule has 2 aromatic rings. The van der Waals surface area contributed by atoms with Crippen LogP contribution in [0.4, 0.5) is 10.1 Å². The summed E-state index contributed by atoms with van der Waals surface area (Å²) in [6.07, 6.45) is 0. The van der Waals surface area contributed by atoms with Gasteiger partial charge in [0.25, 0.3) is 5.91 Å². The van der Waals surface area contributed by atoms with Crippen molar-refractivity contribution in [2.45, 2.75) is 13.0 Å². The van der Waals surface area contributed by atoms with Crippen LogP contribution in [-0.4, -0.2) is 17.9 Å². The second-order valence-corrected chi connectivity index (χ2v) is 5.59. The van der Waals surface area contributed by atoms with E-state index in [4.69, 9.17) is 0 Å². The molecule has 2 N–H and O–H groups in total. The van der Waals surface area contributed by atoms with Crippen LogP contribution in [-0.2, 0) is 4.79 Å². The Bertz CT molecular complexity index is 706. The number of hydrogen-bond donors (Lipinski definition) is 2. The van der Waals surface area contributed by atoms with E-state index < -0.39 is 17.8 Å². The summed E-state index contributed by atoms with van der Waals surface area (Å²) in [6.45, 7) is 1.53. The minimum Gasteiger partial charge on any atom is -0.341 e. The summed E-state index contributed by atoms with van der Waals surface area (Å²) < 4.78 is 14.2. The molecule has 0 saturated heterocycles. The van der Waals surface area contributed by atoms with Gasteiger partial charge >= 0.3 is 0 Å². The van der Waals surface area contributed by atoms with Crippen molar-refractivity contribution in [1.29, 1.82) is 0 Å². The van der Waals surface area contributed by atoms with Crippen LogP contribution in [0.3, 0.4) is 0 Å². The average molecular weight is 365 g/mol. The maximum atomic E-state index is 13.5. The van der Waals surface area contributed by atoms with Crippen LogP contribution in [0.15, 0.2) is 53.0 Å². The molecule has 1 unspecified atom stereocenters. The van der Waals surface area contributed by atoms with Crippen LogP contribution >= 0.6 is 15.9 Å². The van der Waals surface area contributed by atoms with E-state index in [1.165, 1.54) is 25.1 Å². The molecule has 0 bridgehead atoms. The monoisotopic (exact) mass is 364 g/mol. The van der Waals surface area contributed by atoms with Crippen LogP contribution in [0.1, 0.15) is 17.3 Å². The molecule has 4 nitrogen and oxygen atoms in total. The number of rotatable bonds is 4. The summed E-state index contributed by atoms with van der Waals surface area (Å²) in [4.78, 5) is 24.0. The van der Waals surface area contributed by atoms with Gasteiger partial charge in [-0.2, -0.15) is 0 Å². The van der Waals surface area contributed by atoms with Gasteiger partial charge < -0.3 is 10.6 Å². The third-order valence-electron chi connectivity index (χ3n) is 2.96. The summed E-state index contributed by atoms with van der Waals surface area (Å²) in [5.41, 5.74) is 0.510. The first-order valence-corrected chi connectivity index (χ1v) is 7.38. The molecule has 2 amide bonds. The maximum Gasteiger partial charge on any atom is 0.251 e. The Hall–Kier alpha value is -2.21. The van der Waals surface area contributed by atoms with Crippen molar-refractivity contribution in [3.63, 3.8) is 0 Å². The molecule has 0 aliphatic heterocycles.